The number of benzene rings is 2. The lowest BCUT2D eigenvalue weighted by molar-refractivity contribution is -0.128. The lowest BCUT2D eigenvalue weighted by Crippen LogP contribution is -2.24. The van der Waals surface area contributed by atoms with Gasteiger partial charge in [-0.15, -0.1) is 0 Å². The Hall–Kier alpha value is -2.82. The number of guanidine groups is 1. The number of nitrogens with one attached hydrogen (secondary N) is 1. The molecule has 1 fully saturated rings. The molecule has 0 aromatic heterocycles. The zero-order valence-corrected chi connectivity index (χ0v) is 16.3. The number of carbonyl (C=O) groups excluding carboxylic acids is 1. The summed E-state index contributed by atoms with van der Waals surface area (Å²) in [6.07, 6.45) is 6.41. The average molecular weight is 377 g/mol. The molecule has 146 valence electrons. The highest BCUT2D eigenvalue weighted by Gasteiger charge is 2.19. The molecule has 0 bridgehead atoms. The van der Waals surface area contributed by atoms with E-state index in [9.17, 15) is 4.79 Å². The Balaban J connectivity index is 1.35. The van der Waals surface area contributed by atoms with Crippen LogP contribution in [0.3, 0.4) is 0 Å². The second kappa shape index (κ2) is 8.46. The first-order chi connectivity index (χ1) is 13.7. The van der Waals surface area contributed by atoms with Crippen molar-refractivity contribution in [2.24, 2.45) is 10.7 Å². The smallest absolute Gasteiger partial charge is 0.222 e. The molecule has 1 aliphatic heterocycles. The third-order valence-electron chi connectivity index (χ3n) is 5.66. The van der Waals surface area contributed by atoms with Crippen molar-refractivity contribution in [3.05, 3.63) is 64.7 Å². The molecule has 1 saturated heterocycles. The number of fused-ring (bicyclic) bond motifs is 1. The van der Waals surface area contributed by atoms with Crippen LogP contribution in [0.4, 0.5) is 5.69 Å². The number of aliphatic imine (C=N–C) groups is 1. The molecule has 28 heavy (non-hydrogen) atoms. The van der Waals surface area contributed by atoms with Crippen LogP contribution in [0.15, 0.2) is 47.5 Å². The van der Waals surface area contributed by atoms with Crippen LogP contribution in [-0.2, 0) is 30.7 Å². The first-order valence-corrected chi connectivity index (χ1v) is 10.2. The van der Waals surface area contributed by atoms with Gasteiger partial charge in [0.2, 0.25) is 5.91 Å². The molecule has 0 spiro atoms. The molecule has 2 aromatic rings. The monoisotopic (exact) mass is 376 g/mol. The Morgan fingerprint density at radius 1 is 1.00 bits per heavy atom. The molecule has 0 saturated carbocycles. The molecule has 0 unspecified atom stereocenters. The van der Waals surface area contributed by atoms with Crippen LogP contribution in [0.1, 0.15) is 47.9 Å². The number of anilines is 1. The normalized spacial score (nSPS) is 16.9. The molecule has 0 atom stereocenters. The molecule has 0 radical (unpaired) electrons. The van der Waals surface area contributed by atoms with Crippen LogP contribution in [0.5, 0.6) is 0 Å². The summed E-state index contributed by atoms with van der Waals surface area (Å²) in [4.78, 5) is 18.2. The molecule has 1 heterocycles. The summed E-state index contributed by atoms with van der Waals surface area (Å²) in [5.74, 6) is 0.710. The number of likely N-dealkylation sites (tertiary alicyclic amines) is 1. The van der Waals surface area contributed by atoms with Crippen LogP contribution in [0.2, 0.25) is 0 Å². The number of carbonyl (C=O) groups is 1. The minimum atomic E-state index is 0.260. The van der Waals surface area contributed by atoms with E-state index in [0.29, 0.717) is 25.5 Å². The summed E-state index contributed by atoms with van der Waals surface area (Å²) in [5.41, 5.74) is 12.3. The van der Waals surface area contributed by atoms with Crippen LogP contribution in [-0.4, -0.2) is 23.3 Å². The fraction of sp³-hybridized carbons (Fsp3) is 0.391. The van der Waals surface area contributed by atoms with Gasteiger partial charge in [0.05, 0.1) is 6.54 Å². The van der Waals surface area contributed by atoms with Crippen molar-refractivity contribution in [2.45, 2.75) is 51.6 Å². The first kappa shape index (κ1) is 18.5. The maximum Gasteiger partial charge on any atom is 0.222 e. The Labute approximate surface area is 166 Å². The fourth-order valence-electron chi connectivity index (χ4n) is 4.09. The summed E-state index contributed by atoms with van der Waals surface area (Å²) >= 11 is 0. The highest BCUT2D eigenvalue weighted by molar-refractivity contribution is 5.93. The van der Waals surface area contributed by atoms with E-state index in [4.69, 9.17) is 5.73 Å². The SMILES string of the molecule is NC(=NCc1ccc(CN2CCCC2=O)cc1)Nc1cccc2c1CCCC2. The van der Waals surface area contributed by atoms with Crippen LogP contribution < -0.4 is 11.1 Å². The highest BCUT2D eigenvalue weighted by Crippen LogP contribution is 2.27. The van der Waals surface area contributed by atoms with Gasteiger partial charge in [-0.1, -0.05) is 36.4 Å². The fourth-order valence-corrected chi connectivity index (χ4v) is 4.09. The largest absolute Gasteiger partial charge is 0.370 e. The number of hydrogen-bond acceptors (Lipinski definition) is 2. The van der Waals surface area contributed by atoms with E-state index in [1.807, 2.05) is 4.90 Å². The molecule has 1 amide bonds. The van der Waals surface area contributed by atoms with Gasteiger partial charge in [-0.25, -0.2) is 4.99 Å². The van der Waals surface area contributed by atoms with E-state index in [2.05, 4.69) is 52.8 Å². The van der Waals surface area contributed by atoms with Gasteiger partial charge in [-0.3, -0.25) is 4.79 Å². The molecular weight excluding hydrogens is 348 g/mol. The Bertz CT molecular complexity index is 873. The van der Waals surface area contributed by atoms with Crippen LogP contribution in [0.25, 0.3) is 0 Å². The predicted octanol–water partition coefficient (Wildman–Crippen LogP) is 3.61. The predicted molar refractivity (Wildman–Crippen MR) is 113 cm³/mol. The minimum Gasteiger partial charge on any atom is -0.370 e. The summed E-state index contributed by atoms with van der Waals surface area (Å²) in [6.45, 7) is 2.11. The maximum atomic E-state index is 11.8. The molecule has 5 heteroatoms. The number of hydrogen-bond donors (Lipinski definition) is 2. The number of nitrogens with zero attached hydrogens (tertiary/aromatic N) is 2. The molecule has 3 N–H and O–H groups in total. The van der Waals surface area contributed by atoms with Crippen LogP contribution in [0, 0.1) is 0 Å². The maximum absolute atomic E-state index is 11.8. The van der Waals surface area contributed by atoms with Crippen molar-refractivity contribution in [2.75, 3.05) is 11.9 Å². The second-order valence-corrected chi connectivity index (χ2v) is 7.71. The number of nitrogens with two attached hydrogens (primary N) is 1. The molecule has 4 rings (SSSR count). The van der Waals surface area contributed by atoms with E-state index in [-0.39, 0.29) is 5.91 Å². The molecule has 2 aliphatic rings. The third kappa shape index (κ3) is 4.35. The molecule has 1 aliphatic carbocycles. The van der Waals surface area contributed by atoms with E-state index < -0.39 is 0 Å². The van der Waals surface area contributed by atoms with E-state index in [1.54, 1.807) is 0 Å². The van der Waals surface area contributed by atoms with Gasteiger partial charge in [0.25, 0.3) is 0 Å². The van der Waals surface area contributed by atoms with Gasteiger partial charge >= 0.3 is 0 Å². The Morgan fingerprint density at radius 2 is 1.79 bits per heavy atom. The summed E-state index contributed by atoms with van der Waals surface area (Å²) in [5, 5.41) is 3.29. The number of amides is 1. The lowest BCUT2D eigenvalue weighted by atomic mass is 9.90. The van der Waals surface area contributed by atoms with Crippen molar-refractivity contribution < 1.29 is 4.79 Å². The molecule has 2 aromatic carbocycles. The van der Waals surface area contributed by atoms with Gasteiger partial charge in [0.15, 0.2) is 5.96 Å². The van der Waals surface area contributed by atoms with Crippen molar-refractivity contribution in [1.29, 1.82) is 0 Å². The molecular formula is C23H28N4O. The van der Waals surface area contributed by atoms with E-state index >= 15 is 0 Å². The second-order valence-electron chi connectivity index (χ2n) is 7.71. The highest BCUT2D eigenvalue weighted by atomic mass is 16.2. The third-order valence-corrected chi connectivity index (χ3v) is 5.66. The first-order valence-electron chi connectivity index (χ1n) is 10.2. The zero-order chi connectivity index (χ0) is 19.3. The Morgan fingerprint density at radius 3 is 2.57 bits per heavy atom. The van der Waals surface area contributed by atoms with Gasteiger partial charge in [0.1, 0.15) is 0 Å². The Kier molecular flexibility index (Phi) is 5.60. The summed E-state index contributed by atoms with van der Waals surface area (Å²) in [6, 6.07) is 14.7. The van der Waals surface area contributed by atoms with Crippen molar-refractivity contribution in [1.82, 2.24) is 4.90 Å². The van der Waals surface area contributed by atoms with Crippen molar-refractivity contribution in [3.63, 3.8) is 0 Å². The van der Waals surface area contributed by atoms with Crippen molar-refractivity contribution >= 4 is 17.6 Å². The standard InChI is InChI=1S/C23H28N4O/c24-23(26-21-8-3-6-19-5-1-2-7-20(19)21)25-15-17-10-12-18(13-11-17)16-27-14-4-9-22(27)28/h3,6,8,10-13H,1-2,4-5,7,9,14-16H2,(H3,24,25,26). The number of aryl methyl sites for hydroxylation is 1. The van der Waals surface area contributed by atoms with Gasteiger partial charge in [-0.2, -0.15) is 0 Å². The quantitative estimate of drug-likeness (QED) is 0.618. The van der Waals surface area contributed by atoms with Crippen LogP contribution >= 0.6 is 0 Å². The van der Waals surface area contributed by atoms with Gasteiger partial charge < -0.3 is 16.0 Å². The number of rotatable bonds is 5. The topological polar surface area (TPSA) is 70.7 Å². The minimum absolute atomic E-state index is 0.260. The van der Waals surface area contributed by atoms with E-state index in [1.165, 1.54) is 24.0 Å². The molecule has 5 nitrogen and oxygen atoms in total. The van der Waals surface area contributed by atoms with E-state index in [0.717, 1.165) is 42.6 Å². The lowest BCUT2D eigenvalue weighted by Gasteiger charge is -2.19. The average Bonchev–Trinajstić information content (AvgIpc) is 3.12. The van der Waals surface area contributed by atoms with Crippen molar-refractivity contribution in [3.8, 4) is 0 Å². The summed E-state index contributed by atoms with van der Waals surface area (Å²) in [7, 11) is 0. The zero-order valence-electron chi connectivity index (χ0n) is 16.3. The van der Waals surface area contributed by atoms with Gasteiger partial charge in [-0.05, 0) is 60.4 Å². The summed E-state index contributed by atoms with van der Waals surface area (Å²) < 4.78 is 0. The van der Waals surface area contributed by atoms with Gasteiger partial charge in [0, 0.05) is 25.2 Å².